The van der Waals surface area contributed by atoms with Crippen LogP contribution in [0.2, 0.25) is 0 Å². The first-order valence-corrected chi connectivity index (χ1v) is 10.8. The molecule has 1 aromatic carbocycles. The molecule has 0 atom stereocenters. The second-order valence-corrected chi connectivity index (χ2v) is 8.43. The van der Waals surface area contributed by atoms with E-state index in [1.54, 1.807) is 4.90 Å². The van der Waals surface area contributed by atoms with Crippen LogP contribution < -0.4 is 5.32 Å². The largest absolute Gasteiger partial charge is 0.356 e. The summed E-state index contributed by atoms with van der Waals surface area (Å²) in [6, 6.07) is 8.08. The quantitative estimate of drug-likeness (QED) is 0.350. The number of carbonyl (C=O) groups is 2. The number of hydrogen-bond donors (Lipinski definition) is 1. The summed E-state index contributed by atoms with van der Waals surface area (Å²) in [5.74, 6) is 0.109. The lowest BCUT2D eigenvalue weighted by Crippen LogP contribution is -2.29. The Morgan fingerprint density at radius 3 is 2.63 bits per heavy atom. The highest BCUT2D eigenvalue weighted by molar-refractivity contribution is 8.26. The number of carbonyl (C=O) groups excluding carboxylic acids is 2. The molecule has 1 N–H and O–H groups in total. The number of hydrogen-bond acceptors (Lipinski definition) is 4. The van der Waals surface area contributed by atoms with Crippen molar-refractivity contribution in [2.45, 2.75) is 52.4 Å². The first-order valence-electron chi connectivity index (χ1n) is 9.60. The molecular weight excluding hydrogens is 376 g/mol. The molecule has 0 bridgehead atoms. The molecule has 1 fully saturated rings. The predicted octanol–water partition coefficient (Wildman–Crippen LogP) is 4.67. The fraction of sp³-hybridized carbons (Fsp3) is 0.476. The summed E-state index contributed by atoms with van der Waals surface area (Å²) in [4.78, 5) is 26.6. The monoisotopic (exact) mass is 404 g/mol. The van der Waals surface area contributed by atoms with Crippen molar-refractivity contribution in [3.05, 3.63) is 40.3 Å². The van der Waals surface area contributed by atoms with Gasteiger partial charge in [-0.2, -0.15) is 0 Å². The molecule has 4 nitrogen and oxygen atoms in total. The summed E-state index contributed by atoms with van der Waals surface area (Å²) in [5, 5.41) is 2.93. The smallest absolute Gasteiger partial charge is 0.266 e. The van der Waals surface area contributed by atoms with Gasteiger partial charge in [0, 0.05) is 19.5 Å². The van der Waals surface area contributed by atoms with Crippen molar-refractivity contribution in [1.29, 1.82) is 0 Å². The summed E-state index contributed by atoms with van der Waals surface area (Å²) >= 11 is 6.74. The van der Waals surface area contributed by atoms with Gasteiger partial charge in [0.15, 0.2) is 0 Å². The van der Waals surface area contributed by atoms with Crippen molar-refractivity contribution in [3.63, 3.8) is 0 Å². The zero-order valence-electron chi connectivity index (χ0n) is 16.1. The Morgan fingerprint density at radius 2 is 1.93 bits per heavy atom. The summed E-state index contributed by atoms with van der Waals surface area (Å²) in [6.45, 7) is 5.53. The van der Waals surface area contributed by atoms with Crippen molar-refractivity contribution >= 4 is 46.2 Å². The first kappa shape index (κ1) is 21.6. The lowest BCUT2D eigenvalue weighted by atomic mass is 10.1. The van der Waals surface area contributed by atoms with Gasteiger partial charge in [0.05, 0.1) is 4.91 Å². The van der Waals surface area contributed by atoms with E-state index in [9.17, 15) is 9.59 Å². The lowest BCUT2D eigenvalue weighted by Gasteiger charge is -2.14. The number of nitrogens with zero attached hydrogens (tertiary/aromatic N) is 1. The van der Waals surface area contributed by atoms with E-state index in [-0.39, 0.29) is 11.8 Å². The molecule has 1 aliphatic heterocycles. The van der Waals surface area contributed by atoms with E-state index in [0.29, 0.717) is 22.2 Å². The number of amides is 2. The van der Waals surface area contributed by atoms with Crippen molar-refractivity contribution in [1.82, 2.24) is 10.2 Å². The lowest BCUT2D eigenvalue weighted by molar-refractivity contribution is -0.122. The van der Waals surface area contributed by atoms with Gasteiger partial charge in [0.1, 0.15) is 4.32 Å². The van der Waals surface area contributed by atoms with Crippen LogP contribution in [0.4, 0.5) is 0 Å². The van der Waals surface area contributed by atoms with Gasteiger partial charge in [-0.25, -0.2) is 0 Å². The first-order chi connectivity index (χ1) is 13.0. The number of nitrogens with one attached hydrogen (secondary N) is 1. The Balaban J connectivity index is 1.74. The number of thioether (sulfide) groups is 1. The molecule has 1 aromatic rings. The summed E-state index contributed by atoms with van der Waals surface area (Å²) < 4.78 is 0.621. The van der Waals surface area contributed by atoms with E-state index >= 15 is 0 Å². The minimum absolute atomic E-state index is 0.0112. The van der Waals surface area contributed by atoms with Crippen LogP contribution in [0.3, 0.4) is 0 Å². The fourth-order valence-corrected chi connectivity index (χ4v) is 4.04. The molecule has 27 heavy (non-hydrogen) atoms. The Morgan fingerprint density at radius 1 is 1.19 bits per heavy atom. The van der Waals surface area contributed by atoms with E-state index in [1.807, 2.05) is 37.3 Å². The topological polar surface area (TPSA) is 49.4 Å². The molecule has 1 heterocycles. The average molecular weight is 405 g/mol. The molecule has 1 aliphatic rings. The molecule has 146 valence electrons. The van der Waals surface area contributed by atoms with Crippen molar-refractivity contribution in [2.24, 2.45) is 0 Å². The Hall–Kier alpha value is -1.66. The zero-order valence-corrected chi connectivity index (χ0v) is 17.8. The third-order valence-electron chi connectivity index (χ3n) is 4.39. The fourth-order valence-electron chi connectivity index (χ4n) is 2.73. The Bertz CT molecular complexity index is 699. The van der Waals surface area contributed by atoms with Crippen LogP contribution in [0.25, 0.3) is 6.08 Å². The number of benzene rings is 1. The van der Waals surface area contributed by atoms with Gasteiger partial charge in [-0.15, -0.1) is 0 Å². The van der Waals surface area contributed by atoms with Gasteiger partial charge in [0.2, 0.25) is 5.91 Å². The molecule has 1 saturated heterocycles. The van der Waals surface area contributed by atoms with Crippen LogP contribution in [-0.4, -0.2) is 34.1 Å². The maximum atomic E-state index is 12.6. The summed E-state index contributed by atoms with van der Waals surface area (Å²) in [7, 11) is 0. The van der Waals surface area contributed by atoms with E-state index in [4.69, 9.17) is 12.2 Å². The molecule has 0 aromatic heterocycles. The van der Waals surface area contributed by atoms with Gasteiger partial charge in [0.25, 0.3) is 5.91 Å². The van der Waals surface area contributed by atoms with Crippen LogP contribution in [-0.2, 0) is 9.59 Å². The number of rotatable bonds is 10. The molecule has 6 heteroatoms. The number of aryl methyl sites for hydroxylation is 1. The molecule has 2 rings (SSSR count). The van der Waals surface area contributed by atoms with Gasteiger partial charge in [-0.1, -0.05) is 73.6 Å². The van der Waals surface area contributed by atoms with Crippen molar-refractivity contribution in [3.8, 4) is 0 Å². The van der Waals surface area contributed by atoms with E-state index in [1.165, 1.54) is 17.3 Å². The molecule has 0 spiro atoms. The van der Waals surface area contributed by atoms with Crippen LogP contribution in [0, 0.1) is 6.92 Å². The van der Waals surface area contributed by atoms with Gasteiger partial charge < -0.3 is 5.32 Å². The van der Waals surface area contributed by atoms with Crippen molar-refractivity contribution in [2.75, 3.05) is 13.1 Å². The van der Waals surface area contributed by atoms with Crippen LogP contribution >= 0.6 is 24.0 Å². The second-order valence-electron chi connectivity index (χ2n) is 6.76. The van der Waals surface area contributed by atoms with E-state index in [2.05, 4.69) is 12.2 Å². The van der Waals surface area contributed by atoms with Crippen molar-refractivity contribution < 1.29 is 9.59 Å². The van der Waals surface area contributed by atoms with Crippen LogP contribution in [0.5, 0.6) is 0 Å². The van der Waals surface area contributed by atoms with Gasteiger partial charge in [-0.3, -0.25) is 14.5 Å². The van der Waals surface area contributed by atoms with Crippen LogP contribution in [0.1, 0.15) is 56.6 Å². The summed E-state index contributed by atoms with van der Waals surface area (Å²) in [5.41, 5.74) is 2.20. The predicted molar refractivity (Wildman–Crippen MR) is 117 cm³/mol. The van der Waals surface area contributed by atoms with E-state index in [0.717, 1.165) is 44.2 Å². The summed E-state index contributed by atoms with van der Waals surface area (Å²) in [6.07, 6.45) is 7.17. The third kappa shape index (κ3) is 7.11. The molecule has 0 unspecified atom stereocenters. The van der Waals surface area contributed by atoms with E-state index < -0.39 is 0 Å². The molecule has 2 amide bonds. The normalized spacial score (nSPS) is 15.6. The highest BCUT2D eigenvalue weighted by atomic mass is 32.2. The Labute approximate surface area is 171 Å². The zero-order chi connectivity index (χ0) is 19.6. The minimum Gasteiger partial charge on any atom is -0.356 e. The van der Waals surface area contributed by atoms with Gasteiger partial charge >= 0.3 is 0 Å². The molecular formula is C21H28N2O2S2. The number of unbranched alkanes of at least 4 members (excludes halogenated alkanes) is 3. The van der Waals surface area contributed by atoms with Crippen LogP contribution in [0.15, 0.2) is 29.2 Å². The maximum absolute atomic E-state index is 12.6. The molecule has 0 aliphatic carbocycles. The SMILES string of the molecule is CCCCNC(=O)CCCCCN1C(=O)/C(=C/c2ccc(C)cc2)SC1=S. The standard InChI is InChI=1S/C21H28N2O2S2/c1-3-4-13-22-19(24)8-6-5-7-14-23-20(25)18(27-21(23)26)15-17-11-9-16(2)10-12-17/h9-12,15H,3-8,13-14H2,1-2H3,(H,22,24)/b18-15-. The number of thiocarbonyl (C=S) groups is 1. The third-order valence-corrected chi connectivity index (χ3v) is 5.76. The maximum Gasteiger partial charge on any atom is 0.266 e. The van der Waals surface area contributed by atoms with Gasteiger partial charge in [-0.05, 0) is 37.8 Å². The average Bonchev–Trinajstić information content (AvgIpc) is 2.90. The molecule has 0 radical (unpaired) electrons. The minimum atomic E-state index is -0.0112. The second kappa shape index (κ2) is 11.2. The Kier molecular flexibility index (Phi) is 9.01. The highest BCUT2D eigenvalue weighted by Gasteiger charge is 2.31. The highest BCUT2D eigenvalue weighted by Crippen LogP contribution is 2.32. The molecule has 0 saturated carbocycles.